The van der Waals surface area contributed by atoms with E-state index in [9.17, 15) is 0 Å². The predicted molar refractivity (Wildman–Crippen MR) is 57.3 cm³/mol. The first-order chi connectivity index (χ1) is 6.77. The minimum Gasteiger partial charge on any atom is -0.381 e. The molecule has 0 saturated carbocycles. The third-order valence-corrected chi connectivity index (χ3v) is 2.88. The Morgan fingerprint density at radius 3 is 2.64 bits per heavy atom. The fourth-order valence-electron chi connectivity index (χ4n) is 1.65. The zero-order valence-electron chi connectivity index (χ0n) is 9.26. The Kier molecular flexibility index (Phi) is 5.45. The maximum absolute atomic E-state index is 6.21. The molecule has 0 aromatic carbocycles. The van der Waals surface area contributed by atoms with Gasteiger partial charge in [-0.05, 0) is 25.7 Å². The topological polar surface area (TPSA) is 44.5 Å². The summed E-state index contributed by atoms with van der Waals surface area (Å²) in [6.45, 7) is 5.47. The number of unbranched alkanes of at least 4 members (excludes halogenated alkanes) is 1. The van der Waals surface area contributed by atoms with Crippen molar-refractivity contribution in [3.8, 4) is 0 Å². The molecule has 0 aliphatic carbocycles. The lowest BCUT2D eigenvalue weighted by atomic mass is 9.88. The third-order valence-electron chi connectivity index (χ3n) is 2.88. The fourth-order valence-corrected chi connectivity index (χ4v) is 1.65. The van der Waals surface area contributed by atoms with E-state index in [0.29, 0.717) is 0 Å². The van der Waals surface area contributed by atoms with Crippen LogP contribution in [0.4, 0.5) is 0 Å². The molecule has 0 spiro atoms. The largest absolute Gasteiger partial charge is 0.381 e. The van der Waals surface area contributed by atoms with Gasteiger partial charge in [0.25, 0.3) is 0 Å². The molecular weight excluding hydrogens is 178 g/mol. The average Bonchev–Trinajstić information content (AvgIpc) is 2.18. The second-order valence-corrected chi connectivity index (χ2v) is 4.19. The summed E-state index contributed by atoms with van der Waals surface area (Å²) in [5, 5.41) is 0. The number of nitrogens with two attached hydrogens (primary N) is 1. The molecule has 0 atom stereocenters. The summed E-state index contributed by atoms with van der Waals surface area (Å²) >= 11 is 0. The highest BCUT2D eigenvalue weighted by Crippen LogP contribution is 2.21. The van der Waals surface area contributed by atoms with E-state index < -0.39 is 0 Å². The molecule has 1 saturated heterocycles. The van der Waals surface area contributed by atoms with Crippen molar-refractivity contribution in [2.75, 3.05) is 26.4 Å². The first-order valence-electron chi connectivity index (χ1n) is 5.71. The van der Waals surface area contributed by atoms with Crippen molar-refractivity contribution in [1.29, 1.82) is 0 Å². The first kappa shape index (κ1) is 12.0. The molecule has 3 nitrogen and oxygen atoms in total. The molecule has 1 aliphatic heterocycles. The van der Waals surface area contributed by atoms with Crippen molar-refractivity contribution in [1.82, 2.24) is 0 Å². The van der Waals surface area contributed by atoms with Crippen LogP contribution in [0.5, 0.6) is 0 Å². The van der Waals surface area contributed by atoms with Gasteiger partial charge in [-0.1, -0.05) is 13.3 Å². The van der Waals surface area contributed by atoms with E-state index in [0.717, 1.165) is 52.1 Å². The molecule has 14 heavy (non-hydrogen) atoms. The highest BCUT2D eigenvalue weighted by Gasteiger charge is 2.27. The Morgan fingerprint density at radius 1 is 1.29 bits per heavy atom. The second kappa shape index (κ2) is 6.38. The quantitative estimate of drug-likeness (QED) is 0.665. The van der Waals surface area contributed by atoms with Crippen molar-refractivity contribution in [2.45, 2.75) is 44.6 Å². The Morgan fingerprint density at radius 2 is 2.00 bits per heavy atom. The van der Waals surface area contributed by atoms with Crippen LogP contribution in [0.15, 0.2) is 0 Å². The Hall–Kier alpha value is -0.120. The number of hydrogen-bond acceptors (Lipinski definition) is 3. The van der Waals surface area contributed by atoms with Crippen molar-refractivity contribution >= 4 is 0 Å². The fraction of sp³-hybridized carbons (Fsp3) is 1.00. The summed E-state index contributed by atoms with van der Waals surface area (Å²) in [4.78, 5) is 0. The highest BCUT2D eigenvalue weighted by atomic mass is 16.5. The smallest absolute Gasteiger partial charge is 0.0483 e. The van der Waals surface area contributed by atoms with Crippen molar-refractivity contribution in [2.24, 2.45) is 5.73 Å². The van der Waals surface area contributed by atoms with Crippen LogP contribution >= 0.6 is 0 Å². The van der Waals surface area contributed by atoms with Gasteiger partial charge in [0.15, 0.2) is 0 Å². The molecule has 3 heteroatoms. The van der Waals surface area contributed by atoms with Gasteiger partial charge in [0.05, 0.1) is 0 Å². The van der Waals surface area contributed by atoms with Gasteiger partial charge in [-0.3, -0.25) is 0 Å². The molecule has 1 heterocycles. The van der Waals surface area contributed by atoms with Gasteiger partial charge < -0.3 is 15.2 Å². The molecule has 0 aromatic heterocycles. The van der Waals surface area contributed by atoms with Gasteiger partial charge in [-0.2, -0.15) is 0 Å². The summed E-state index contributed by atoms with van der Waals surface area (Å²) in [5.41, 5.74) is 6.19. The molecular formula is C11H23NO2. The monoisotopic (exact) mass is 201 g/mol. The van der Waals surface area contributed by atoms with Gasteiger partial charge >= 0.3 is 0 Å². The molecule has 0 amide bonds. The highest BCUT2D eigenvalue weighted by molar-refractivity contribution is 4.85. The number of hydrogen-bond donors (Lipinski definition) is 1. The van der Waals surface area contributed by atoms with Gasteiger partial charge in [-0.15, -0.1) is 0 Å². The van der Waals surface area contributed by atoms with Crippen LogP contribution in [-0.2, 0) is 9.47 Å². The van der Waals surface area contributed by atoms with E-state index in [2.05, 4.69) is 6.92 Å². The molecule has 0 aromatic rings. The van der Waals surface area contributed by atoms with Crippen LogP contribution in [-0.4, -0.2) is 32.0 Å². The lowest BCUT2D eigenvalue weighted by molar-refractivity contribution is 0.0333. The lowest BCUT2D eigenvalue weighted by Crippen LogP contribution is -2.45. The Labute approximate surface area is 86.9 Å². The molecule has 1 fully saturated rings. The van der Waals surface area contributed by atoms with E-state index >= 15 is 0 Å². The van der Waals surface area contributed by atoms with Crippen molar-refractivity contribution < 1.29 is 9.47 Å². The summed E-state index contributed by atoms with van der Waals surface area (Å²) in [5.74, 6) is 0. The average molecular weight is 201 g/mol. The van der Waals surface area contributed by atoms with E-state index in [1.165, 1.54) is 6.42 Å². The van der Waals surface area contributed by atoms with Crippen LogP contribution in [0.2, 0.25) is 0 Å². The van der Waals surface area contributed by atoms with E-state index in [-0.39, 0.29) is 5.54 Å². The summed E-state index contributed by atoms with van der Waals surface area (Å²) in [6, 6.07) is 0. The number of ether oxygens (including phenoxy) is 2. The van der Waals surface area contributed by atoms with Crippen LogP contribution in [0, 0.1) is 0 Å². The van der Waals surface area contributed by atoms with Crippen molar-refractivity contribution in [3.05, 3.63) is 0 Å². The maximum Gasteiger partial charge on any atom is 0.0483 e. The zero-order valence-corrected chi connectivity index (χ0v) is 9.26. The van der Waals surface area contributed by atoms with Crippen LogP contribution in [0.1, 0.15) is 39.0 Å². The van der Waals surface area contributed by atoms with Gasteiger partial charge in [-0.25, -0.2) is 0 Å². The summed E-state index contributed by atoms with van der Waals surface area (Å²) in [7, 11) is 0. The van der Waals surface area contributed by atoms with Crippen LogP contribution in [0.25, 0.3) is 0 Å². The minimum absolute atomic E-state index is 0.0233. The SMILES string of the molecule is CCCCOCCC1(N)CCOCC1. The Bertz CT molecular complexity index is 144. The van der Waals surface area contributed by atoms with E-state index in [1.807, 2.05) is 0 Å². The van der Waals surface area contributed by atoms with E-state index in [1.54, 1.807) is 0 Å². The van der Waals surface area contributed by atoms with Gasteiger partial charge in [0.2, 0.25) is 0 Å². The van der Waals surface area contributed by atoms with Gasteiger partial charge in [0, 0.05) is 32.0 Å². The summed E-state index contributed by atoms with van der Waals surface area (Å²) < 4.78 is 10.8. The molecule has 1 rings (SSSR count). The second-order valence-electron chi connectivity index (χ2n) is 4.19. The molecule has 0 radical (unpaired) electrons. The standard InChI is InChI=1S/C11H23NO2/c1-2-3-7-13-8-4-11(12)5-9-14-10-6-11/h2-10,12H2,1H3. The normalized spacial score (nSPS) is 21.0. The Balaban J connectivity index is 2.03. The van der Waals surface area contributed by atoms with Crippen LogP contribution in [0.3, 0.4) is 0 Å². The third kappa shape index (κ3) is 4.40. The molecule has 84 valence electrons. The van der Waals surface area contributed by atoms with E-state index in [4.69, 9.17) is 15.2 Å². The van der Waals surface area contributed by atoms with Gasteiger partial charge in [0.1, 0.15) is 0 Å². The van der Waals surface area contributed by atoms with Crippen LogP contribution < -0.4 is 5.73 Å². The minimum atomic E-state index is -0.0233. The number of rotatable bonds is 6. The van der Waals surface area contributed by atoms with Crippen molar-refractivity contribution in [3.63, 3.8) is 0 Å². The molecule has 1 aliphatic rings. The molecule has 0 bridgehead atoms. The predicted octanol–water partition coefficient (Wildman–Crippen LogP) is 1.70. The molecule has 2 N–H and O–H groups in total. The lowest BCUT2D eigenvalue weighted by Gasteiger charge is -2.33. The zero-order chi connectivity index (χ0) is 10.3. The summed E-state index contributed by atoms with van der Waals surface area (Å²) in [6.07, 6.45) is 5.27. The maximum atomic E-state index is 6.21. The molecule has 0 unspecified atom stereocenters. The first-order valence-corrected chi connectivity index (χ1v) is 5.71.